The number of alkyl halides is 1. The first-order chi connectivity index (χ1) is 10.0. The van der Waals surface area contributed by atoms with E-state index < -0.39 is 4.92 Å². The summed E-state index contributed by atoms with van der Waals surface area (Å²) >= 11 is 8.99. The predicted molar refractivity (Wildman–Crippen MR) is 81.5 cm³/mol. The molecule has 110 valence electrons. The molecule has 0 fully saturated rings. The zero-order valence-electron chi connectivity index (χ0n) is 10.7. The lowest BCUT2D eigenvalue weighted by Gasteiger charge is -2.10. The molecule has 0 saturated carbocycles. The van der Waals surface area contributed by atoms with Gasteiger partial charge >= 0.3 is 0 Å². The van der Waals surface area contributed by atoms with Crippen LogP contribution in [0.15, 0.2) is 36.4 Å². The quantitative estimate of drug-likeness (QED) is 0.426. The first-order valence-corrected chi connectivity index (χ1v) is 7.41. The second-order valence-electron chi connectivity index (χ2n) is 4.20. The summed E-state index contributed by atoms with van der Waals surface area (Å²) in [6.07, 6.45) is 0. The van der Waals surface area contributed by atoms with E-state index in [4.69, 9.17) is 16.3 Å². The van der Waals surface area contributed by atoms with Crippen LogP contribution in [0.2, 0.25) is 5.02 Å². The van der Waals surface area contributed by atoms with Crippen LogP contribution in [-0.4, -0.2) is 4.92 Å². The third kappa shape index (κ3) is 3.92. The van der Waals surface area contributed by atoms with Gasteiger partial charge in [0, 0.05) is 22.0 Å². The minimum Gasteiger partial charge on any atom is -0.488 e. The number of ether oxygens (including phenoxy) is 1. The van der Waals surface area contributed by atoms with Gasteiger partial charge in [0.15, 0.2) is 0 Å². The topological polar surface area (TPSA) is 52.4 Å². The summed E-state index contributed by atoms with van der Waals surface area (Å²) in [5, 5.41) is 11.7. The molecule has 2 rings (SSSR count). The van der Waals surface area contributed by atoms with Gasteiger partial charge in [-0.2, -0.15) is 0 Å². The number of hydrogen-bond acceptors (Lipinski definition) is 3. The molecule has 0 spiro atoms. The van der Waals surface area contributed by atoms with Gasteiger partial charge < -0.3 is 4.74 Å². The van der Waals surface area contributed by atoms with Crippen molar-refractivity contribution in [2.24, 2.45) is 0 Å². The first kappa shape index (κ1) is 15.7. The molecule has 4 nitrogen and oxygen atoms in total. The number of benzene rings is 2. The number of rotatable bonds is 5. The Kier molecular flexibility index (Phi) is 5.14. The third-order valence-electron chi connectivity index (χ3n) is 2.79. The second kappa shape index (κ2) is 6.87. The summed E-state index contributed by atoms with van der Waals surface area (Å²) in [6, 6.07) is 8.49. The Morgan fingerprint density at radius 2 is 2.00 bits per heavy atom. The van der Waals surface area contributed by atoms with Crippen LogP contribution >= 0.6 is 27.5 Å². The van der Waals surface area contributed by atoms with Crippen LogP contribution in [0.4, 0.5) is 10.1 Å². The molecule has 0 saturated heterocycles. The molecule has 2 aromatic rings. The number of hydrogen-bond donors (Lipinski definition) is 0. The number of halogens is 3. The lowest BCUT2D eigenvalue weighted by molar-refractivity contribution is -0.385. The van der Waals surface area contributed by atoms with Gasteiger partial charge in [0.05, 0.1) is 10.5 Å². The second-order valence-corrected chi connectivity index (χ2v) is 5.20. The van der Waals surface area contributed by atoms with Crippen molar-refractivity contribution in [2.45, 2.75) is 11.9 Å². The van der Waals surface area contributed by atoms with Gasteiger partial charge in [-0.25, -0.2) is 4.39 Å². The van der Waals surface area contributed by atoms with E-state index >= 15 is 0 Å². The summed E-state index contributed by atoms with van der Waals surface area (Å²) in [5.74, 6) is 0.104. The normalized spacial score (nSPS) is 10.4. The van der Waals surface area contributed by atoms with Crippen LogP contribution in [-0.2, 0) is 11.9 Å². The van der Waals surface area contributed by atoms with Gasteiger partial charge in [0.1, 0.15) is 18.2 Å². The fourth-order valence-corrected chi connectivity index (χ4v) is 2.38. The Hall–Kier alpha value is -1.66. The fourth-order valence-electron chi connectivity index (χ4n) is 1.78. The Bertz CT molecular complexity index is 681. The molecule has 0 heterocycles. The highest BCUT2D eigenvalue weighted by atomic mass is 79.9. The van der Waals surface area contributed by atoms with Crippen LogP contribution in [0.3, 0.4) is 0 Å². The molecular formula is C14H10BrClFNO3. The van der Waals surface area contributed by atoms with Crippen molar-refractivity contribution in [1.82, 2.24) is 0 Å². The molecular weight excluding hydrogens is 365 g/mol. The van der Waals surface area contributed by atoms with Crippen molar-refractivity contribution >= 4 is 33.2 Å². The molecule has 0 radical (unpaired) electrons. The maximum Gasteiger partial charge on any atom is 0.277 e. The molecule has 7 heteroatoms. The summed E-state index contributed by atoms with van der Waals surface area (Å²) in [4.78, 5) is 10.5. The fraction of sp³-hybridized carbons (Fsp3) is 0.143. The van der Waals surface area contributed by atoms with E-state index in [9.17, 15) is 14.5 Å². The molecule has 0 unspecified atom stereocenters. The SMILES string of the molecule is O=[N+]([O-])c1cc(Cl)ccc1COc1ccc(F)cc1CBr. The molecule has 0 aromatic heterocycles. The lowest BCUT2D eigenvalue weighted by Crippen LogP contribution is -2.02. The summed E-state index contributed by atoms with van der Waals surface area (Å²) in [5.41, 5.74) is 0.922. The van der Waals surface area contributed by atoms with Crippen molar-refractivity contribution in [2.75, 3.05) is 0 Å². The molecule has 0 bridgehead atoms. The number of nitro groups is 1. The van der Waals surface area contributed by atoms with Crippen LogP contribution < -0.4 is 4.74 Å². The third-order valence-corrected chi connectivity index (χ3v) is 3.63. The average molecular weight is 375 g/mol. The Morgan fingerprint density at radius 1 is 1.24 bits per heavy atom. The van der Waals surface area contributed by atoms with Crippen molar-refractivity contribution in [1.29, 1.82) is 0 Å². The van der Waals surface area contributed by atoms with Crippen molar-refractivity contribution < 1.29 is 14.1 Å². The summed E-state index contributed by atoms with van der Waals surface area (Å²) in [7, 11) is 0. The molecule has 2 aromatic carbocycles. The van der Waals surface area contributed by atoms with Crippen molar-refractivity contribution in [3.63, 3.8) is 0 Å². The first-order valence-electron chi connectivity index (χ1n) is 5.91. The maximum absolute atomic E-state index is 13.1. The Labute approximate surface area is 133 Å². The molecule has 0 amide bonds. The smallest absolute Gasteiger partial charge is 0.277 e. The molecule has 0 N–H and O–H groups in total. The highest BCUT2D eigenvalue weighted by Gasteiger charge is 2.15. The molecule has 0 aliphatic rings. The highest BCUT2D eigenvalue weighted by Crippen LogP contribution is 2.27. The van der Waals surface area contributed by atoms with Crippen LogP contribution in [0, 0.1) is 15.9 Å². The van der Waals surface area contributed by atoms with Gasteiger partial charge in [0.25, 0.3) is 5.69 Å². The number of nitro benzene ring substituents is 1. The molecule has 21 heavy (non-hydrogen) atoms. The van der Waals surface area contributed by atoms with Gasteiger partial charge in [0.2, 0.25) is 0 Å². The van der Waals surface area contributed by atoms with Crippen LogP contribution in [0.5, 0.6) is 5.75 Å². The molecule has 0 aliphatic heterocycles. The lowest BCUT2D eigenvalue weighted by atomic mass is 10.2. The monoisotopic (exact) mass is 373 g/mol. The average Bonchev–Trinajstić information content (AvgIpc) is 2.46. The van der Waals surface area contributed by atoms with Gasteiger partial charge in [-0.05, 0) is 30.3 Å². The minimum atomic E-state index is -0.513. The van der Waals surface area contributed by atoms with Gasteiger partial charge in [-0.15, -0.1) is 0 Å². The van der Waals surface area contributed by atoms with E-state index in [1.807, 2.05) is 0 Å². The van der Waals surface area contributed by atoms with E-state index in [2.05, 4.69) is 15.9 Å². The predicted octanol–water partition coefficient (Wildman–Crippen LogP) is 4.86. The van der Waals surface area contributed by atoms with Gasteiger partial charge in [-0.1, -0.05) is 27.5 Å². The minimum absolute atomic E-state index is 0.000878. The Morgan fingerprint density at radius 3 is 2.67 bits per heavy atom. The van der Waals surface area contributed by atoms with Crippen LogP contribution in [0.25, 0.3) is 0 Å². The Balaban J connectivity index is 2.22. The van der Waals surface area contributed by atoms with E-state index in [-0.39, 0.29) is 23.1 Å². The molecule has 0 aliphatic carbocycles. The summed E-state index contributed by atoms with van der Waals surface area (Å²) < 4.78 is 18.7. The van der Waals surface area contributed by atoms with E-state index in [1.54, 1.807) is 6.07 Å². The standard InChI is InChI=1S/C14H10BrClFNO3/c15-7-10-5-12(17)3-4-14(10)21-8-9-1-2-11(16)6-13(9)18(19)20/h1-6H,7-8H2. The zero-order valence-corrected chi connectivity index (χ0v) is 13.0. The van der Waals surface area contributed by atoms with Crippen molar-refractivity contribution in [3.8, 4) is 5.75 Å². The summed E-state index contributed by atoms with van der Waals surface area (Å²) in [6.45, 7) is -0.000878. The maximum atomic E-state index is 13.1. The largest absolute Gasteiger partial charge is 0.488 e. The van der Waals surface area contributed by atoms with Crippen LogP contribution in [0.1, 0.15) is 11.1 Å². The number of nitrogens with zero attached hydrogens (tertiary/aromatic N) is 1. The van der Waals surface area contributed by atoms with E-state index in [0.717, 1.165) is 0 Å². The van der Waals surface area contributed by atoms with Gasteiger partial charge in [-0.3, -0.25) is 10.1 Å². The van der Waals surface area contributed by atoms with Crippen molar-refractivity contribution in [3.05, 3.63) is 68.5 Å². The van der Waals surface area contributed by atoms with E-state index in [0.29, 0.717) is 22.2 Å². The zero-order chi connectivity index (χ0) is 15.4. The molecule has 0 atom stereocenters. The highest BCUT2D eigenvalue weighted by molar-refractivity contribution is 9.08. The van der Waals surface area contributed by atoms with E-state index in [1.165, 1.54) is 30.3 Å².